The first-order chi connectivity index (χ1) is 17.2. The van der Waals surface area contributed by atoms with Crippen LogP contribution in [0.4, 0.5) is 17.6 Å². The average Bonchev–Trinajstić information content (AvgIpc) is 2.87. The van der Waals surface area contributed by atoms with Gasteiger partial charge in [0.25, 0.3) is 0 Å². The van der Waals surface area contributed by atoms with Crippen molar-refractivity contribution in [1.29, 1.82) is 0 Å². The van der Waals surface area contributed by atoms with E-state index in [1.54, 1.807) is 0 Å². The molecular formula is C31H44F4O. The van der Waals surface area contributed by atoms with E-state index in [2.05, 4.69) is 13.8 Å². The summed E-state index contributed by atoms with van der Waals surface area (Å²) in [6.07, 6.45) is 13.7. The van der Waals surface area contributed by atoms with Crippen LogP contribution in [0.3, 0.4) is 0 Å². The molecule has 202 valence electrons. The minimum absolute atomic E-state index is 0.107. The van der Waals surface area contributed by atoms with E-state index in [4.69, 9.17) is 4.74 Å². The zero-order valence-electron chi connectivity index (χ0n) is 22.1. The number of halogens is 4. The zero-order valence-corrected chi connectivity index (χ0v) is 22.1. The van der Waals surface area contributed by atoms with Gasteiger partial charge in [0.05, 0.1) is 6.61 Å². The summed E-state index contributed by atoms with van der Waals surface area (Å²) < 4.78 is 62.3. The molecule has 0 N–H and O–H groups in total. The van der Waals surface area contributed by atoms with E-state index < -0.39 is 17.6 Å². The van der Waals surface area contributed by atoms with Crippen LogP contribution in [0.2, 0.25) is 0 Å². The Labute approximate surface area is 215 Å². The summed E-state index contributed by atoms with van der Waals surface area (Å²) in [5.74, 6) is 2.18. The van der Waals surface area contributed by atoms with Gasteiger partial charge in [0, 0.05) is 0 Å². The first-order valence-corrected chi connectivity index (χ1v) is 14.4. The van der Waals surface area contributed by atoms with Gasteiger partial charge >= 0.3 is 6.18 Å². The van der Waals surface area contributed by atoms with Gasteiger partial charge in [-0.1, -0.05) is 64.2 Å². The molecule has 3 aliphatic rings. The third-order valence-electron chi connectivity index (χ3n) is 9.53. The monoisotopic (exact) mass is 508 g/mol. The van der Waals surface area contributed by atoms with Gasteiger partial charge in [-0.05, 0) is 98.5 Å². The van der Waals surface area contributed by atoms with Crippen LogP contribution in [0.25, 0.3) is 6.08 Å². The maximum absolute atomic E-state index is 15.1. The molecule has 0 heterocycles. The molecule has 1 aromatic carbocycles. The first kappa shape index (κ1) is 27.5. The van der Waals surface area contributed by atoms with E-state index >= 15 is 4.39 Å². The maximum atomic E-state index is 15.1. The Morgan fingerprint density at radius 3 is 1.97 bits per heavy atom. The summed E-state index contributed by atoms with van der Waals surface area (Å²) in [5, 5.41) is 0. The van der Waals surface area contributed by atoms with E-state index in [1.807, 2.05) is 6.08 Å². The van der Waals surface area contributed by atoms with E-state index in [-0.39, 0.29) is 23.1 Å². The third kappa shape index (κ3) is 7.07. The number of alkyl halides is 3. The van der Waals surface area contributed by atoms with E-state index in [0.717, 1.165) is 69.1 Å². The molecule has 5 heteroatoms. The topological polar surface area (TPSA) is 9.23 Å². The molecule has 0 unspecified atom stereocenters. The van der Waals surface area contributed by atoms with Gasteiger partial charge in [-0.3, -0.25) is 0 Å². The molecule has 3 fully saturated rings. The number of ether oxygens (including phenoxy) is 1. The Bertz CT molecular complexity index is 852. The molecule has 0 atom stereocenters. The fourth-order valence-corrected chi connectivity index (χ4v) is 6.93. The van der Waals surface area contributed by atoms with Crippen LogP contribution < -0.4 is 4.74 Å². The maximum Gasteiger partial charge on any atom is 0.419 e. The minimum Gasteiger partial charge on any atom is -0.490 e. The Hall–Kier alpha value is -1.52. The fourth-order valence-electron chi connectivity index (χ4n) is 6.93. The SMILES string of the molecule is CCC1CCC(C2CCC(COc3ccc(/C=C/C4CCC(C)CC4)c(C(F)(F)F)c3F)CC2)CC1. The second-order valence-electron chi connectivity index (χ2n) is 12.0. The quantitative estimate of drug-likeness (QED) is 0.333. The molecule has 1 aromatic rings. The molecule has 0 aromatic heterocycles. The number of allylic oxidation sites excluding steroid dienone is 1. The molecule has 0 bridgehead atoms. The van der Waals surface area contributed by atoms with Crippen molar-refractivity contribution < 1.29 is 22.3 Å². The lowest BCUT2D eigenvalue weighted by Crippen LogP contribution is -2.27. The summed E-state index contributed by atoms with van der Waals surface area (Å²) in [5.41, 5.74) is -1.31. The molecule has 0 amide bonds. The highest BCUT2D eigenvalue weighted by Gasteiger charge is 2.38. The van der Waals surface area contributed by atoms with Gasteiger partial charge in [-0.15, -0.1) is 0 Å². The van der Waals surface area contributed by atoms with Crippen molar-refractivity contribution in [3.63, 3.8) is 0 Å². The summed E-state index contributed by atoms with van der Waals surface area (Å²) in [6.45, 7) is 4.79. The van der Waals surface area contributed by atoms with Crippen LogP contribution >= 0.6 is 0 Å². The predicted octanol–water partition coefficient (Wildman–Crippen LogP) is 10.1. The number of rotatable bonds is 7. The summed E-state index contributed by atoms with van der Waals surface area (Å²) in [6, 6.07) is 2.75. The Balaban J connectivity index is 1.33. The smallest absolute Gasteiger partial charge is 0.419 e. The molecule has 0 saturated heterocycles. The summed E-state index contributed by atoms with van der Waals surface area (Å²) in [4.78, 5) is 0. The van der Waals surface area contributed by atoms with E-state index in [1.165, 1.54) is 50.3 Å². The fraction of sp³-hybridized carbons (Fsp3) is 0.742. The molecule has 0 spiro atoms. The molecule has 1 nitrogen and oxygen atoms in total. The van der Waals surface area contributed by atoms with Gasteiger partial charge in [-0.25, -0.2) is 4.39 Å². The van der Waals surface area contributed by atoms with Gasteiger partial charge in [0.15, 0.2) is 11.6 Å². The summed E-state index contributed by atoms with van der Waals surface area (Å²) in [7, 11) is 0. The van der Waals surface area contributed by atoms with Crippen molar-refractivity contribution in [1.82, 2.24) is 0 Å². The van der Waals surface area contributed by atoms with Crippen LogP contribution in [0.5, 0.6) is 5.75 Å². The second kappa shape index (κ2) is 12.3. The molecule has 0 aliphatic heterocycles. The Morgan fingerprint density at radius 1 is 0.833 bits per heavy atom. The van der Waals surface area contributed by atoms with Crippen molar-refractivity contribution in [2.24, 2.45) is 35.5 Å². The Kier molecular flexibility index (Phi) is 9.44. The van der Waals surface area contributed by atoms with Crippen LogP contribution in [-0.2, 0) is 6.18 Å². The molecule has 4 rings (SSSR count). The van der Waals surface area contributed by atoms with Crippen molar-refractivity contribution in [3.8, 4) is 5.75 Å². The minimum atomic E-state index is -4.76. The lowest BCUT2D eigenvalue weighted by Gasteiger charge is -2.37. The van der Waals surface area contributed by atoms with Crippen LogP contribution in [0.1, 0.15) is 108 Å². The highest BCUT2D eigenvalue weighted by Crippen LogP contribution is 2.43. The van der Waals surface area contributed by atoms with Gasteiger partial charge in [-0.2, -0.15) is 13.2 Å². The molecule has 3 aliphatic carbocycles. The van der Waals surface area contributed by atoms with Crippen molar-refractivity contribution in [2.75, 3.05) is 6.61 Å². The zero-order chi connectivity index (χ0) is 25.7. The number of hydrogen-bond donors (Lipinski definition) is 0. The van der Waals surface area contributed by atoms with Gasteiger partial charge in [0.2, 0.25) is 0 Å². The predicted molar refractivity (Wildman–Crippen MR) is 138 cm³/mol. The highest BCUT2D eigenvalue weighted by atomic mass is 19.4. The van der Waals surface area contributed by atoms with Crippen LogP contribution in [0, 0.1) is 41.3 Å². The van der Waals surface area contributed by atoms with Gasteiger partial charge < -0.3 is 4.74 Å². The second-order valence-corrected chi connectivity index (χ2v) is 12.0. The van der Waals surface area contributed by atoms with Gasteiger partial charge in [0.1, 0.15) is 5.56 Å². The van der Waals surface area contributed by atoms with Crippen LogP contribution in [0.15, 0.2) is 18.2 Å². The van der Waals surface area contributed by atoms with Crippen molar-refractivity contribution in [3.05, 3.63) is 35.2 Å². The Morgan fingerprint density at radius 2 is 1.42 bits per heavy atom. The largest absolute Gasteiger partial charge is 0.490 e. The number of benzene rings is 1. The third-order valence-corrected chi connectivity index (χ3v) is 9.53. The van der Waals surface area contributed by atoms with E-state index in [9.17, 15) is 13.2 Å². The van der Waals surface area contributed by atoms with Crippen molar-refractivity contribution >= 4 is 6.08 Å². The first-order valence-electron chi connectivity index (χ1n) is 14.4. The normalized spacial score (nSPS) is 32.1. The van der Waals surface area contributed by atoms with Crippen molar-refractivity contribution in [2.45, 2.75) is 103 Å². The molecule has 36 heavy (non-hydrogen) atoms. The summed E-state index contributed by atoms with van der Waals surface area (Å²) >= 11 is 0. The van der Waals surface area contributed by atoms with E-state index in [0.29, 0.717) is 12.5 Å². The molecule has 0 radical (unpaired) electrons. The average molecular weight is 509 g/mol. The molecule has 3 saturated carbocycles. The lowest BCUT2D eigenvalue weighted by molar-refractivity contribution is -0.140. The highest BCUT2D eigenvalue weighted by molar-refractivity contribution is 5.57. The molecular weight excluding hydrogens is 464 g/mol. The number of hydrogen-bond acceptors (Lipinski definition) is 1. The lowest BCUT2D eigenvalue weighted by atomic mass is 9.69. The van der Waals surface area contributed by atoms with Crippen LogP contribution in [-0.4, -0.2) is 6.61 Å². The standard InChI is InChI=1S/C31H44F4O/c1-3-22-8-13-25(14-9-22)26-15-11-24(12-16-26)20-36-28-19-18-27(29(30(28)32)31(33,34)35)17-10-23-6-4-21(2)5-7-23/h10,17-19,21-26H,3-9,11-16,20H2,1-2H3/b17-10+.